The number of ether oxygens (including phenoxy) is 1. The summed E-state index contributed by atoms with van der Waals surface area (Å²) in [7, 11) is 1.39. The Kier molecular flexibility index (Phi) is 6.39. The van der Waals surface area contributed by atoms with E-state index < -0.39 is 0 Å². The summed E-state index contributed by atoms with van der Waals surface area (Å²) in [5.41, 5.74) is 2.85. The fraction of sp³-hybridized carbons (Fsp3) is 0.478. The molecule has 1 aromatic carbocycles. The molecule has 1 saturated heterocycles. The molecule has 0 saturated carbocycles. The van der Waals surface area contributed by atoms with Crippen molar-refractivity contribution in [1.82, 2.24) is 4.90 Å². The molecule has 0 bridgehead atoms. The lowest BCUT2D eigenvalue weighted by molar-refractivity contribution is -0.117. The molecule has 0 unspecified atom stereocenters. The lowest BCUT2D eigenvalue weighted by Crippen LogP contribution is -2.38. The van der Waals surface area contributed by atoms with Crippen LogP contribution in [0.4, 0.5) is 5.00 Å². The molecule has 1 aliphatic carbocycles. The first-order valence-electron chi connectivity index (χ1n) is 10.6. The Morgan fingerprint density at radius 3 is 2.57 bits per heavy atom. The van der Waals surface area contributed by atoms with Crippen molar-refractivity contribution in [2.75, 3.05) is 32.1 Å². The van der Waals surface area contributed by atoms with Gasteiger partial charge in [0.05, 0.1) is 19.2 Å². The molecule has 1 aliphatic heterocycles. The number of anilines is 1. The fourth-order valence-electron chi connectivity index (χ4n) is 4.51. The molecule has 1 amide bonds. The third-order valence-electron chi connectivity index (χ3n) is 6.13. The smallest absolute Gasteiger partial charge is 0.341 e. The summed E-state index contributed by atoms with van der Waals surface area (Å²) in [6.45, 7) is 2.03. The number of esters is 1. The summed E-state index contributed by atoms with van der Waals surface area (Å²) in [6.07, 6.45) is 5.99. The van der Waals surface area contributed by atoms with E-state index in [9.17, 15) is 14.7 Å². The van der Waals surface area contributed by atoms with Crippen LogP contribution < -0.4 is 5.32 Å². The molecule has 160 valence electrons. The number of aromatic hydroxyl groups is 1. The van der Waals surface area contributed by atoms with Gasteiger partial charge in [-0.2, -0.15) is 0 Å². The van der Waals surface area contributed by atoms with Crippen LogP contribution in [0.2, 0.25) is 0 Å². The fourth-order valence-corrected chi connectivity index (χ4v) is 5.81. The number of likely N-dealkylation sites (tertiary alicyclic amines) is 1. The van der Waals surface area contributed by atoms with Crippen molar-refractivity contribution in [3.8, 4) is 5.75 Å². The van der Waals surface area contributed by atoms with Crippen molar-refractivity contribution < 1.29 is 19.4 Å². The molecule has 1 aromatic heterocycles. The van der Waals surface area contributed by atoms with Crippen LogP contribution in [0.15, 0.2) is 24.3 Å². The molecule has 1 fully saturated rings. The predicted molar refractivity (Wildman–Crippen MR) is 117 cm³/mol. The van der Waals surface area contributed by atoms with Crippen molar-refractivity contribution >= 4 is 28.2 Å². The molecule has 30 heavy (non-hydrogen) atoms. The van der Waals surface area contributed by atoms with E-state index in [1.807, 2.05) is 12.1 Å². The molecule has 2 heterocycles. The number of phenols is 1. The highest BCUT2D eigenvalue weighted by Gasteiger charge is 2.28. The highest BCUT2D eigenvalue weighted by Crippen LogP contribution is 2.38. The number of thiophene rings is 1. The Labute approximate surface area is 180 Å². The van der Waals surface area contributed by atoms with Gasteiger partial charge in [-0.1, -0.05) is 12.1 Å². The van der Waals surface area contributed by atoms with Crippen LogP contribution in [-0.2, 0) is 22.4 Å². The summed E-state index contributed by atoms with van der Waals surface area (Å²) in [5, 5.41) is 13.1. The molecular formula is C23H28N2O4S. The number of piperidine rings is 1. The summed E-state index contributed by atoms with van der Waals surface area (Å²) in [4.78, 5) is 28.4. The van der Waals surface area contributed by atoms with Crippen molar-refractivity contribution in [2.45, 2.75) is 44.4 Å². The zero-order chi connectivity index (χ0) is 21.1. The van der Waals surface area contributed by atoms with Gasteiger partial charge in [-0.3, -0.25) is 9.69 Å². The minimum absolute atomic E-state index is 0.0816. The Bertz CT molecular complexity index is 914. The van der Waals surface area contributed by atoms with E-state index in [-0.39, 0.29) is 17.6 Å². The first-order valence-corrected chi connectivity index (χ1v) is 11.4. The SMILES string of the molecule is COC(=O)c1c(NC(=O)CN2CCC(c3ccc(O)cc3)CC2)sc2c1CCCC2. The molecule has 0 spiro atoms. The lowest BCUT2D eigenvalue weighted by atomic mass is 9.89. The predicted octanol–water partition coefficient (Wildman–Crippen LogP) is 3.94. The second kappa shape index (κ2) is 9.18. The van der Waals surface area contributed by atoms with E-state index in [0.717, 1.165) is 57.2 Å². The Morgan fingerprint density at radius 2 is 1.87 bits per heavy atom. The van der Waals surface area contributed by atoms with Crippen molar-refractivity contribution in [1.29, 1.82) is 0 Å². The third kappa shape index (κ3) is 4.52. The average molecular weight is 429 g/mol. The summed E-state index contributed by atoms with van der Waals surface area (Å²) >= 11 is 1.52. The zero-order valence-corrected chi connectivity index (χ0v) is 18.1. The van der Waals surface area contributed by atoms with Crippen molar-refractivity contribution in [3.05, 3.63) is 45.8 Å². The van der Waals surface area contributed by atoms with Crippen molar-refractivity contribution in [3.63, 3.8) is 0 Å². The second-order valence-electron chi connectivity index (χ2n) is 8.10. The van der Waals surface area contributed by atoms with Crippen molar-refractivity contribution in [2.24, 2.45) is 0 Å². The van der Waals surface area contributed by atoms with Gasteiger partial charge in [0.25, 0.3) is 0 Å². The van der Waals surface area contributed by atoms with Gasteiger partial charge in [0.2, 0.25) is 5.91 Å². The van der Waals surface area contributed by atoms with Gasteiger partial charge >= 0.3 is 5.97 Å². The lowest BCUT2D eigenvalue weighted by Gasteiger charge is -2.31. The summed E-state index contributed by atoms with van der Waals surface area (Å²) in [5.74, 6) is 0.301. The number of carbonyl (C=O) groups is 2. The molecule has 2 N–H and O–H groups in total. The standard InChI is InChI=1S/C23H28N2O4S/c1-29-23(28)21-18-4-2-3-5-19(18)30-22(21)24-20(27)14-25-12-10-16(11-13-25)15-6-8-17(26)9-7-15/h6-9,16,26H,2-5,10-14H2,1H3,(H,24,27). The normalized spacial score (nSPS) is 17.4. The van der Waals surface area contributed by atoms with Gasteiger partial charge in [-0.25, -0.2) is 4.79 Å². The Balaban J connectivity index is 1.36. The third-order valence-corrected chi connectivity index (χ3v) is 7.34. The molecule has 2 aromatic rings. The first-order chi connectivity index (χ1) is 14.5. The number of benzene rings is 1. The molecule has 7 heteroatoms. The Hall–Kier alpha value is -2.38. The van der Waals surface area contributed by atoms with E-state index in [0.29, 0.717) is 23.0 Å². The monoisotopic (exact) mass is 428 g/mol. The summed E-state index contributed by atoms with van der Waals surface area (Å²) in [6, 6.07) is 7.42. The topological polar surface area (TPSA) is 78.9 Å². The van der Waals surface area contributed by atoms with Crippen LogP contribution in [-0.4, -0.2) is 48.6 Å². The molecule has 0 atom stereocenters. The van der Waals surface area contributed by atoms with Gasteiger partial charge in [0, 0.05) is 4.88 Å². The first kappa shape index (κ1) is 20.9. The van der Waals surface area contributed by atoms with Gasteiger partial charge < -0.3 is 15.2 Å². The van der Waals surface area contributed by atoms with Crippen LogP contribution in [0, 0.1) is 0 Å². The number of methoxy groups -OCH3 is 1. The van der Waals surface area contributed by atoms with E-state index >= 15 is 0 Å². The van der Waals surface area contributed by atoms with Gasteiger partial charge in [-0.05, 0) is 80.8 Å². The van der Waals surface area contributed by atoms with E-state index in [1.54, 1.807) is 12.1 Å². The number of aryl methyl sites for hydroxylation is 1. The minimum Gasteiger partial charge on any atom is -0.508 e. The molecule has 4 rings (SSSR count). The van der Waals surface area contributed by atoms with Crippen LogP contribution in [0.3, 0.4) is 0 Å². The number of fused-ring (bicyclic) bond motifs is 1. The average Bonchev–Trinajstić information content (AvgIpc) is 3.12. The zero-order valence-electron chi connectivity index (χ0n) is 17.3. The number of carbonyl (C=O) groups excluding carboxylic acids is 2. The quantitative estimate of drug-likeness (QED) is 0.706. The number of hydrogen-bond acceptors (Lipinski definition) is 6. The largest absolute Gasteiger partial charge is 0.508 e. The minimum atomic E-state index is -0.362. The maximum Gasteiger partial charge on any atom is 0.341 e. The molecule has 2 aliphatic rings. The molecule has 0 radical (unpaired) electrons. The highest BCUT2D eigenvalue weighted by molar-refractivity contribution is 7.17. The number of nitrogens with one attached hydrogen (secondary N) is 1. The molecule has 6 nitrogen and oxygen atoms in total. The number of nitrogens with zero attached hydrogens (tertiary/aromatic N) is 1. The van der Waals surface area contributed by atoms with Crippen LogP contribution >= 0.6 is 11.3 Å². The van der Waals surface area contributed by atoms with Gasteiger partial charge in [-0.15, -0.1) is 11.3 Å². The number of amides is 1. The van der Waals surface area contributed by atoms with E-state index in [4.69, 9.17) is 4.74 Å². The summed E-state index contributed by atoms with van der Waals surface area (Å²) < 4.78 is 4.98. The number of rotatable bonds is 5. The van der Waals surface area contributed by atoms with Gasteiger partial charge in [0.15, 0.2) is 0 Å². The Morgan fingerprint density at radius 1 is 1.17 bits per heavy atom. The van der Waals surface area contributed by atoms with Crippen LogP contribution in [0.25, 0.3) is 0 Å². The number of hydrogen-bond donors (Lipinski definition) is 2. The number of phenolic OH excluding ortho intramolecular Hbond substituents is 1. The van der Waals surface area contributed by atoms with Crippen LogP contribution in [0.5, 0.6) is 5.75 Å². The maximum absolute atomic E-state index is 12.7. The highest BCUT2D eigenvalue weighted by atomic mass is 32.1. The van der Waals surface area contributed by atoms with E-state index in [2.05, 4.69) is 10.2 Å². The van der Waals surface area contributed by atoms with Crippen LogP contribution in [0.1, 0.15) is 58.0 Å². The van der Waals surface area contributed by atoms with Gasteiger partial charge in [0.1, 0.15) is 10.8 Å². The molecular weight excluding hydrogens is 400 g/mol. The van der Waals surface area contributed by atoms with E-state index in [1.165, 1.54) is 28.9 Å². The maximum atomic E-state index is 12.7. The second-order valence-corrected chi connectivity index (χ2v) is 9.20.